The number of nitrogens with one attached hydrogen (secondary N) is 1. The Balaban J connectivity index is 2.12. The summed E-state index contributed by atoms with van der Waals surface area (Å²) < 4.78 is 0. The molecule has 2 heteroatoms. The summed E-state index contributed by atoms with van der Waals surface area (Å²) in [5, 5.41) is 3.43. The van der Waals surface area contributed by atoms with Gasteiger partial charge in [-0.05, 0) is 58.7 Å². The van der Waals surface area contributed by atoms with Crippen LogP contribution in [0, 0.1) is 5.92 Å². The van der Waals surface area contributed by atoms with Gasteiger partial charge >= 0.3 is 0 Å². The number of rotatable bonds is 7. The van der Waals surface area contributed by atoms with Crippen molar-refractivity contribution in [3.63, 3.8) is 0 Å². The van der Waals surface area contributed by atoms with Gasteiger partial charge in [-0.3, -0.25) is 4.90 Å². The Labute approximate surface area is 94.7 Å². The van der Waals surface area contributed by atoms with Gasteiger partial charge in [-0.15, -0.1) is 6.58 Å². The van der Waals surface area contributed by atoms with E-state index in [9.17, 15) is 0 Å². The highest BCUT2D eigenvalue weighted by Crippen LogP contribution is 2.15. The van der Waals surface area contributed by atoms with E-state index in [-0.39, 0.29) is 0 Å². The molecule has 1 heterocycles. The highest BCUT2D eigenvalue weighted by molar-refractivity contribution is 4.77. The highest BCUT2D eigenvalue weighted by Gasteiger charge is 2.14. The molecule has 1 aliphatic heterocycles. The molecule has 0 aromatic heterocycles. The van der Waals surface area contributed by atoms with Crippen LogP contribution in [0.3, 0.4) is 0 Å². The zero-order valence-electron chi connectivity index (χ0n) is 10.3. The smallest absolute Gasteiger partial charge is 0.0163 e. The molecule has 1 rings (SSSR count). The summed E-state index contributed by atoms with van der Waals surface area (Å²) in [7, 11) is 0. The molecule has 15 heavy (non-hydrogen) atoms. The average molecular weight is 210 g/mol. The van der Waals surface area contributed by atoms with Crippen LogP contribution in [0.1, 0.15) is 33.1 Å². The van der Waals surface area contributed by atoms with Gasteiger partial charge in [0.15, 0.2) is 0 Å². The van der Waals surface area contributed by atoms with Crippen LogP contribution in [0.2, 0.25) is 0 Å². The second-order valence-electron chi connectivity index (χ2n) is 4.88. The van der Waals surface area contributed by atoms with Crippen molar-refractivity contribution in [3.05, 3.63) is 12.7 Å². The Hall–Kier alpha value is -0.340. The molecule has 0 amide bonds. The van der Waals surface area contributed by atoms with Crippen LogP contribution in [-0.2, 0) is 0 Å². The van der Waals surface area contributed by atoms with Crippen LogP contribution in [0.5, 0.6) is 0 Å². The van der Waals surface area contributed by atoms with Gasteiger partial charge < -0.3 is 5.32 Å². The summed E-state index contributed by atoms with van der Waals surface area (Å²) in [6.07, 6.45) is 6.10. The van der Waals surface area contributed by atoms with Gasteiger partial charge in [0, 0.05) is 12.6 Å². The van der Waals surface area contributed by atoms with E-state index in [1.807, 2.05) is 6.08 Å². The average Bonchev–Trinajstić information content (AvgIpc) is 2.69. The molecule has 0 radical (unpaired) electrons. The fraction of sp³-hybridized carbons (Fsp3) is 0.846. The van der Waals surface area contributed by atoms with E-state index >= 15 is 0 Å². The van der Waals surface area contributed by atoms with Crippen molar-refractivity contribution >= 4 is 0 Å². The van der Waals surface area contributed by atoms with Gasteiger partial charge in [0.2, 0.25) is 0 Å². The Morgan fingerprint density at radius 1 is 1.53 bits per heavy atom. The fourth-order valence-electron chi connectivity index (χ4n) is 2.27. The zero-order valence-corrected chi connectivity index (χ0v) is 10.3. The monoisotopic (exact) mass is 210 g/mol. The van der Waals surface area contributed by atoms with E-state index in [0.717, 1.165) is 12.5 Å². The Morgan fingerprint density at radius 3 is 2.87 bits per heavy atom. The third-order valence-electron chi connectivity index (χ3n) is 3.31. The van der Waals surface area contributed by atoms with E-state index < -0.39 is 0 Å². The van der Waals surface area contributed by atoms with Gasteiger partial charge in [-0.25, -0.2) is 0 Å². The third kappa shape index (κ3) is 4.80. The fourth-order valence-corrected chi connectivity index (χ4v) is 2.27. The normalized spacial score (nSPS) is 21.5. The lowest BCUT2D eigenvalue weighted by Gasteiger charge is -2.25. The predicted octanol–water partition coefficient (Wildman–Crippen LogP) is 2.27. The molecule has 0 saturated carbocycles. The molecule has 1 fully saturated rings. The summed E-state index contributed by atoms with van der Waals surface area (Å²) >= 11 is 0. The molecule has 0 aromatic rings. The molecule has 1 atom stereocenters. The molecule has 1 aliphatic rings. The summed E-state index contributed by atoms with van der Waals surface area (Å²) in [6.45, 7) is 13.1. The summed E-state index contributed by atoms with van der Waals surface area (Å²) in [5.41, 5.74) is 0. The van der Waals surface area contributed by atoms with E-state index in [2.05, 4.69) is 30.6 Å². The van der Waals surface area contributed by atoms with Crippen molar-refractivity contribution in [2.24, 2.45) is 5.92 Å². The van der Waals surface area contributed by atoms with Crippen LogP contribution in [-0.4, -0.2) is 37.1 Å². The van der Waals surface area contributed by atoms with Crippen LogP contribution >= 0.6 is 0 Å². The van der Waals surface area contributed by atoms with E-state index in [4.69, 9.17) is 0 Å². The summed E-state index contributed by atoms with van der Waals surface area (Å²) in [6, 6.07) is 0.643. The van der Waals surface area contributed by atoms with Gasteiger partial charge in [0.1, 0.15) is 0 Å². The van der Waals surface area contributed by atoms with Crippen LogP contribution < -0.4 is 5.32 Å². The van der Waals surface area contributed by atoms with Crippen LogP contribution in [0.4, 0.5) is 0 Å². The number of nitrogens with zero attached hydrogens (tertiary/aromatic N) is 1. The minimum atomic E-state index is 0.643. The molecule has 0 bridgehead atoms. The first-order valence-electron chi connectivity index (χ1n) is 6.29. The first kappa shape index (κ1) is 12.7. The second-order valence-corrected chi connectivity index (χ2v) is 4.88. The van der Waals surface area contributed by atoms with Crippen molar-refractivity contribution in [2.45, 2.75) is 39.2 Å². The second kappa shape index (κ2) is 7.02. The lowest BCUT2D eigenvalue weighted by molar-refractivity contribution is 0.236. The Morgan fingerprint density at radius 2 is 2.33 bits per heavy atom. The van der Waals surface area contributed by atoms with E-state index in [0.29, 0.717) is 6.04 Å². The van der Waals surface area contributed by atoms with Crippen molar-refractivity contribution in [2.75, 3.05) is 26.2 Å². The molecule has 0 spiro atoms. The molecule has 88 valence electrons. The molecular weight excluding hydrogens is 184 g/mol. The number of hydrogen-bond donors (Lipinski definition) is 1. The van der Waals surface area contributed by atoms with Crippen LogP contribution in [0.15, 0.2) is 12.7 Å². The molecule has 1 N–H and O–H groups in total. The van der Waals surface area contributed by atoms with Gasteiger partial charge in [0.25, 0.3) is 0 Å². The van der Waals surface area contributed by atoms with Gasteiger partial charge in [-0.2, -0.15) is 0 Å². The minimum absolute atomic E-state index is 0.643. The standard InChI is InChI=1S/C13H26N2/c1-4-9-15(12(2)3)10-5-6-13-7-8-14-11-13/h4,12-14H,1,5-11H2,2-3H3. The zero-order chi connectivity index (χ0) is 11.1. The van der Waals surface area contributed by atoms with Crippen molar-refractivity contribution < 1.29 is 0 Å². The number of hydrogen-bond acceptors (Lipinski definition) is 2. The molecule has 2 nitrogen and oxygen atoms in total. The minimum Gasteiger partial charge on any atom is -0.316 e. The lowest BCUT2D eigenvalue weighted by Crippen LogP contribution is -2.32. The first-order valence-corrected chi connectivity index (χ1v) is 6.29. The maximum absolute atomic E-state index is 3.82. The van der Waals surface area contributed by atoms with Crippen molar-refractivity contribution in [1.29, 1.82) is 0 Å². The first-order chi connectivity index (χ1) is 7.24. The predicted molar refractivity (Wildman–Crippen MR) is 67.1 cm³/mol. The molecule has 0 aromatic carbocycles. The molecule has 1 unspecified atom stereocenters. The Kier molecular flexibility index (Phi) is 5.96. The van der Waals surface area contributed by atoms with Gasteiger partial charge in [-0.1, -0.05) is 6.08 Å². The summed E-state index contributed by atoms with van der Waals surface area (Å²) in [4.78, 5) is 2.50. The Bertz CT molecular complexity index is 171. The third-order valence-corrected chi connectivity index (χ3v) is 3.31. The lowest BCUT2D eigenvalue weighted by atomic mass is 10.0. The van der Waals surface area contributed by atoms with E-state index in [1.54, 1.807) is 0 Å². The molecular formula is C13H26N2. The van der Waals surface area contributed by atoms with Crippen LogP contribution in [0.25, 0.3) is 0 Å². The quantitative estimate of drug-likeness (QED) is 0.649. The highest BCUT2D eigenvalue weighted by atomic mass is 15.1. The maximum atomic E-state index is 3.82. The van der Waals surface area contributed by atoms with Crippen molar-refractivity contribution in [1.82, 2.24) is 10.2 Å². The molecule has 1 saturated heterocycles. The van der Waals surface area contributed by atoms with E-state index in [1.165, 1.54) is 38.9 Å². The van der Waals surface area contributed by atoms with Gasteiger partial charge in [0.05, 0.1) is 0 Å². The SMILES string of the molecule is C=CCN(CCCC1CCNC1)C(C)C. The topological polar surface area (TPSA) is 15.3 Å². The van der Waals surface area contributed by atoms with Crippen molar-refractivity contribution in [3.8, 4) is 0 Å². The molecule has 0 aliphatic carbocycles. The summed E-state index contributed by atoms with van der Waals surface area (Å²) in [5.74, 6) is 0.933. The maximum Gasteiger partial charge on any atom is 0.0163 e. The largest absolute Gasteiger partial charge is 0.316 e.